The highest BCUT2D eigenvalue weighted by Gasteiger charge is 2.18. The Morgan fingerprint density at radius 2 is 2.10 bits per heavy atom. The average Bonchev–Trinajstić information content (AvgIpc) is 3.32. The topological polar surface area (TPSA) is 95.9 Å². The zero-order valence-corrected chi connectivity index (χ0v) is 18.1. The van der Waals surface area contributed by atoms with Crippen molar-refractivity contribution in [3.05, 3.63) is 51.3 Å². The van der Waals surface area contributed by atoms with E-state index in [2.05, 4.69) is 21.3 Å². The highest BCUT2D eigenvalue weighted by Crippen LogP contribution is 2.23. The molecule has 150 valence electrons. The quantitative estimate of drug-likeness (QED) is 0.500. The second-order valence-electron chi connectivity index (χ2n) is 6.51. The Labute approximate surface area is 177 Å². The van der Waals surface area contributed by atoms with E-state index in [1.807, 2.05) is 44.4 Å². The van der Waals surface area contributed by atoms with Gasteiger partial charge in [-0.05, 0) is 44.0 Å². The van der Waals surface area contributed by atoms with Gasteiger partial charge in [0.2, 0.25) is 11.8 Å². The number of rotatable bonds is 8. The predicted molar refractivity (Wildman–Crippen MR) is 113 cm³/mol. The van der Waals surface area contributed by atoms with Gasteiger partial charge in [0.25, 0.3) is 5.22 Å². The summed E-state index contributed by atoms with van der Waals surface area (Å²) in [7, 11) is 0. The highest BCUT2D eigenvalue weighted by atomic mass is 32.2. The first-order valence-corrected chi connectivity index (χ1v) is 10.9. The van der Waals surface area contributed by atoms with Gasteiger partial charge in [0.1, 0.15) is 0 Å². The van der Waals surface area contributed by atoms with Crippen LogP contribution in [0.5, 0.6) is 0 Å². The summed E-state index contributed by atoms with van der Waals surface area (Å²) >= 11 is 2.77. The molecule has 0 atom stereocenters. The molecule has 3 rings (SSSR count). The zero-order valence-electron chi connectivity index (χ0n) is 16.5. The third kappa shape index (κ3) is 5.65. The van der Waals surface area contributed by atoms with Crippen molar-refractivity contribution in [2.45, 2.75) is 38.8 Å². The van der Waals surface area contributed by atoms with E-state index >= 15 is 0 Å². The van der Waals surface area contributed by atoms with Crippen molar-refractivity contribution in [3.63, 3.8) is 0 Å². The minimum absolute atomic E-state index is 0.108. The van der Waals surface area contributed by atoms with E-state index in [-0.39, 0.29) is 18.1 Å². The fourth-order valence-corrected chi connectivity index (χ4v) is 3.94. The molecular formula is C20H21N5O2S2. The Hall–Kier alpha value is -2.70. The lowest BCUT2D eigenvalue weighted by Gasteiger charge is -2.22. The lowest BCUT2D eigenvalue weighted by atomic mass is 10.1. The molecule has 0 spiro atoms. The van der Waals surface area contributed by atoms with Gasteiger partial charge in [0.15, 0.2) is 0 Å². The van der Waals surface area contributed by atoms with Crippen LogP contribution < -0.4 is 4.90 Å². The first-order chi connectivity index (χ1) is 14.0. The zero-order chi connectivity index (χ0) is 20.8. The maximum Gasteiger partial charge on any atom is 0.277 e. The van der Waals surface area contributed by atoms with Gasteiger partial charge in [-0.2, -0.15) is 5.26 Å². The summed E-state index contributed by atoms with van der Waals surface area (Å²) in [5.74, 6) is 0.514. The lowest BCUT2D eigenvalue weighted by Crippen LogP contribution is -2.33. The van der Waals surface area contributed by atoms with Crippen LogP contribution in [0, 0.1) is 32.1 Å². The molecule has 1 aromatic carbocycles. The normalized spacial score (nSPS) is 10.7. The molecule has 0 fully saturated rings. The monoisotopic (exact) mass is 427 g/mol. The maximum atomic E-state index is 12.8. The first-order valence-electron chi connectivity index (χ1n) is 9.07. The lowest BCUT2D eigenvalue weighted by molar-refractivity contribution is -0.116. The second-order valence-corrected chi connectivity index (χ2v) is 8.50. The van der Waals surface area contributed by atoms with E-state index in [0.717, 1.165) is 27.5 Å². The summed E-state index contributed by atoms with van der Waals surface area (Å²) < 4.78 is 5.63. The van der Waals surface area contributed by atoms with E-state index in [1.54, 1.807) is 16.2 Å². The Kier molecular flexibility index (Phi) is 7.01. The summed E-state index contributed by atoms with van der Waals surface area (Å²) in [6, 6.07) is 7.96. The summed E-state index contributed by atoms with van der Waals surface area (Å²) in [6.07, 6.45) is 0.740. The number of anilines is 1. The largest absolute Gasteiger partial charge is 0.416 e. The number of benzene rings is 1. The summed E-state index contributed by atoms with van der Waals surface area (Å²) in [6.45, 7) is 6.32. The summed E-state index contributed by atoms with van der Waals surface area (Å²) in [5, 5.41) is 20.3. The van der Waals surface area contributed by atoms with Crippen molar-refractivity contribution in [1.29, 1.82) is 5.26 Å². The first kappa shape index (κ1) is 21.0. The van der Waals surface area contributed by atoms with Gasteiger partial charge >= 0.3 is 0 Å². The van der Waals surface area contributed by atoms with Crippen molar-refractivity contribution < 1.29 is 9.21 Å². The SMILES string of the molecule is Cc1nc(Cc2nnc(SCC(=O)N(CCC#N)c3ccc(C)c(C)c3)o2)cs1. The molecule has 7 nitrogen and oxygen atoms in total. The number of hydrogen-bond acceptors (Lipinski definition) is 8. The standard InChI is InChI=1S/C20H21N5O2S2/c1-13-5-6-17(9-14(13)2)25(8-4-7-21)19(26)12-29-20-24-23-18(27-20)10-16-11-28-15(3)22-16/h5-6,9,11H,4,8,10,12H2,1-3H3. The van der Waals surface area contributed by atoms with Crippen LogP contribution in [0.2, 0.25) is 0 Å². The van der Waals surface area contributed by atoms with Crippen molar-refractivity contribution in [1.82, 2.24) is 15.2 Å². The van der Waals surface area contributed by atoms with E-state index in [0.29, 0.717) is 24.1 Å². The van der Waals surface area contributed by atoms with Crippen molar-refractivity contribution >= 4 is 34.7 Å². The van der Waals surface area contributed by atoms with Gasteiger partial charge in [0, 0.05) is 17.6 Å². The highest BCUT2D eigenvalue weighted by molar-refractivity contribution is 7.99. The van der Waals surface area contributed by atoms with Gasteiger partial charge in [-0.1, -0.05) is 17.8 Å². The number of nitrogens with zero attached hydrogens (tertiary/aromatic N) is 5. The number of nitriles is 1. The van der Waals surface area contributed by atoms with Crippen LogP contribution in [0.25, 0.3) is 0 Å². The maximum absolute atomic E-state index is 12.8. The Balaban J connectivity index is 1.63. The number of carbonyl (C=O) groups is 1. The van der Waals surface area contributed by atoms with E-state index in [9.17, 15) is 4.79 Å². The molecule has 0 N–H and O–H groups in total. The van der Waals surface area contributed by atoms with Crippen LogP contribution in [0.3, 0.4) is 0 Å². The molecule has 2 heterocycles. The number of aromatic nitrogens is 3. The fraction of sp³-hybridized carbons (Fsp3) is 0.350. The number of carbonyl (C=O) groups excluding carboxylic acids is 1. The molecule has 3 aromatic rings. The van der Waals surface area contributed by atoms with Crippen LogP contribution in [-0.2, 0) is 11.2 Å². The van der Waals surface area contributed by atoms with Crippen LogP contribution in [0.15, 0.2) is 33.2 Å². The van der Waals surface area contributed by atoms with Crippen LogP contribution in [0.4, 0.5) is 5.69 Å². The molecule has 1 amide bonds. The molecule has 0 saturated carbocycles. The van der Waals surface area contributed by atoms with Crippen LogP contribution >= 0.6 is 23.1 Å². The van der Waals surface area contributed by atoms with Crippen molar-refractivity contribution in [3.8, 4) is 6.07 Å². The molecule has 0 saturated heterocycles. The predicted octanol–water partition coefficient (Wildman–Crippen LogP) is 4.08. The third-order valence-electron chi connectivity index (χ3n) is 4.32. The molecule has 0 aliphatic rings. The van der Waals surface area contributed by atoms with Gasteiger partial charge in [-0.3, -0.25) is 4.79 Å². The molecule has 0 radical (unpaired) electrons. The number of amides is 1. The summed E-state index contributed by atoms with van der Waals surface area (Å²) in [4.78, 5) is 18.8. The minimum atomic E-state index is -0.108. The van der Waals surface area contributed by atoms with Gasteiger partial charge in [0.05, 0.1) is 35.4 Å². The molecule has 29 heavy (non-hydrogen) atoms. The van der Waals surface area contributed by atoms with Crippen LogP contribution in [-0.4, -0.2) is 33.4 Å². The van der Waals surface area contributed by atoms with Crippen molar-refractivity contribution in [2.24, 2.45) is 0 Å². The third-order valence-corrected chi connectivity index (χ3v) is 5.94. The van der Waals surface area contributed by atoms with E-state index < -0.39 is 0 Å². The average molecular weight is 428 g/mol. The molecule has 0 bridgehead atoms. The Morgan fingerprint density at radius 1 is 1.28 bits per heavy atom. The molecule has 0 aliphatic carbocycles. The van der Waals surface area contributed by atoms with E-state index in [4.69, 9.17) is 9.68 Å². The minimum Gasteiger partial charge on any atom is -0.416 e. The second kappa shape index (κ2) is 9.67. The Bertz CT molecular complexity index is 1040. The molecule has 2 aromatic heterocycles. The molecule has 9 heteroatoms. The van der Waals surface area contributed by atoms with Gasteiger partial charge < -0.3 is 9.32 Å². The number of aryl methyl sites for hydroxylation is 3. The number of hydrogen-bond donors (Lipinski definition) is 0. The fourth-order valence-electron chi connectivity index (χ4n) is 2.67. The molecule has 0 aliphatic heterocycles. The van der Waals surface area contributed by atoms with Gasteiger partial charge in [-0.15, -0.1) is 21.5 Å². The van der Waals surface area contributed by atoms with E-state index in [1.165, 1.54) is 11.8 Å². The van der Waals surface area contributed by atoms with Crippen LogP contribution in [0.1, 0.15) is 34.1 Å². The number of thioether (sulfide) groups is 1. The number of thiazole rings is 1. The van der Waals surface area contributed by atoms with Gasteiger partial charge in [-0.25, -0.2) is 4.98 Å². The Morgan fingerprint density at radius 3 is 2.79 bits per heavy atom. The molecular weight excluding hydrogens is 406 g/mol. The smallest absolute Gasteiger partial charge is 0.277 e. The van der Waals surface area contributed by atoms with Crippen molar-refractivity contribution in [2.75, 3.05) is 17.2 Å². The molecule has 0 unspecified atom stereocenters. The summed E-state index contributed by atoms with van der Waals surface area (Å²) in [5.41, 5.74) is 3.94.